The Kier molecular flexibility index (Phi) is 7.71. The molecule has 2 aromatic rings. The third kappa shape index (κ3) is 5.63. The van der Waals surface area contributed by atoms with E-state index in [1.807, 2.05) is 18.2 Å². The molecular formula is C25H32BrN3O3. The van der Waals surface area contributed by atoms with Crippen LogP contribution in [-0.2, 0) is 17.9 Å². The van der Waals surface area contributed by atoms with E-state index in [1.54, 1.807) is 7.11 Å². The Morgan fingerprint density at radius 3 is 2.25 bits per heavy atom. The van der Waals surface area contributed by atoms with Gasteiger partial charge in [-0.05, 0) is 65.1 Å². The van der Waals surface area contributed by atoms with Crippen LogP contribution in [0.2, 0.25) is 0 Å². The van der Waals surface area contributed by atoms with Crippen molar-refractivity contribution >= 4 is 21.8 Å². The van der Waals surface area contributed by atoms with E-state index in [1.165, 1.54) is 5.56 Å². The predicted molar refractivity (Wildman–Crippen MR) is 129 cm³/mol. The fraction of sp³-hybridized carbons (Fsp3) is 0.480. The first-order valence-electron chi connectivity index (χ1n) is 11.4. The number of ether oxygens (including phenoxy) is 1. The number of carbonyl (C=O) groups is 1. The number of nitrogens with zero attached hydrogens (tertiary/aromatic N) is 3. The Balaban J connectivity index is 1.23. The van der Waals surface area contributed by atoms with Crippen LogP contribution in [0.3, 0.4) is 0 Å². The number of phenols is 1. The number of hydrogen-bond acceptors (Lipinski definition) is 5. The second kappa shape index (κ2) is 10.7. The largest absolute Gasteiger partial charge is 0.503 e. The third-order valence-corrected chi connectivity index (χ3v) is 7.19. The van der Waals surface area contributed by atoms with Crippen LogP contribution >= 0.6 is 15.9 Å². The molecule has 2 aliphatic heterocycles. The lowest BCUT2D eigenvalue weighted by molar-refractivity contribution is -0.139. The van der Waals surface area contributed by atoms with Crippen molar-refractivity contribution in [2.75, 3.05) is 46.4 Å². The van der Waals surface area contributed by atoms with E-state index in [0.29, 0.717) is 16.1 Å². The number of piperazine rings is 1. The molecule has 0 unspecified atom stereocenters. The van der Waals surface area contributed by atoms with Crippen LogP contribution in [0.1, 0.15) is 24.0 Å². The van der Waals surface area contributed by atoms with E-state index in [0.717, 1.165) is 70.8 Å². The molecule has 7 heteroatoms. The van der Waals surface area contributed by atoms with E-state index in [4.69, 9.17) is 4.74 Å². The van der Waals surface area contributed by atoms with Crippen molar-refractivity contribution in [2.45, 2.75) is 25.9 Å². The first kappa shape index (κ1) is 23.1. The zero-order chi connectivity index (χ0) is 22.5. The van der Waals surface area contributed by atoms with Crippen molar-refractivity contribution < 1.29 is 14.6 Å². The van der Waals surface area contributed by atoms with Crippen molar-refractivity contribution in [2.24, 2.45) is 5.92 Å². The average molecular weight is 502 g/mol. The van der Waals surface area contributed by atoms with Crippen LogP contribution in [0, 0.1) is 5.92 Å². The quantitative estimate of drug-likeness (QED) is 0.653. The SMILES string of the molecule is COc1cc(CN2CCC(C(=O)N3CCN(Cc4ccccc4)CC3)CC2)cc(Br)c1O. The molecule has 2 heterocycles. The van der Waals surface area contributed by atoms with Gasteiger partial charge in [0.05, 0.1) is 11.6 Å². The van der Waals surface area contributed by atoms with Gasteiger partial charge < -0.3 is 14.7 Å². The van der Waals surface area contributed by atoms with Gasteiger partial charge >= 0.3 is 0 Å². The second-order valence-corrected chi connectivity index (χ2v) is 9.62. The smallest absolute Gasteiger partial charge is 0.225 e. The van der Waals surface area contributed by atoms with E-state index >= 15 is 0 Å². The van der Waals surface area contributed by atoms with Crippen LogP contribution in [0.5, 0.6) is 11.5 Å². The summed E-state index contributed by atoms with van der Waals surface area (Å²) in [6, 6.07) is 14.4. The minimum Gasteiger partial charge on any atom is -0.503 e. The van der Waals surface area contributed by atoms with E-state index in [9.17, 15) is 9.90 Å². The number of benzene rings is 2. The summed E-state index contributed by atoms with van der Waals surface area (Å²) >= 11 is 3.40. The van der Waals surface area contributed by atoms with Crippen LogP contribution in [0.15, 0.2) is 46.9 Å². The van der Waals surface area contributed by atoms with Gasteiger partial charge in [0.25, 0.3) is 0 Å². The summed E-state index contributed by atoms with van der Waals surface area (Å²) in [7, 11) is 1.56. The summed E-state index contributed by atoms with van der Waals surface area (Å²) in [6.45, 7) is 7.10. The third-order valence-electron chi connectivity index (χ3n) is 6.58. The topological polar surface area (TPSA) is 56.2 Å². The number of carbonyl (C=O) groups excluding carboxylic acids is 1. The van der Waals surface area contributed by atoms with E-state index < -0.39 is 0 Å². The molecule has 0 spiro atoms. The molecular weight excluding hydrogens is 470 g/mol. The number of aromatic hydroxyl groups is 1. The summed E-state index contributed by atoms with van der Waals surface area (Å²) in [5, 5.41) is 10.0. The van der Waals surface area contributed by atoms with Crippen molar-refractivity contribution in [1.82, 2.24) is 14.7 Å². The van der Waals surface area contributed by atoms with Gasteiger partial charge in [0, 0.05) is 45.2 Å². The number of methoxy groups -OCH3 is 1. The van der Waals surface area contributed by atoms with Crippen molar-refractivity contribution in [3.8, 4) is 11.5 Å². The van der Waals surface area contributed by atoms with E-state index in [2.05, 4.69) is 54.9 Å². The fourth-order valence-corrected chi connectivity index (χ4v) is 5.19. The summed E-state index contributed by atoms with van der Waals surface area (Å²) in [6.07, 6.45) is 1.80. The number of likely N-dealkylation sites (tertiary alicyclic amines) is 1. The summed E-state index contributed by atoms with van der Waals surface area (Å²) in [4.78, 5) is 20.0. The number of amides is 1. The van der Waals surface area contributed by atoms with Crippen LogP contribution in [-0.4, -0.2) is 72.1 Å². The average Bonchev–Trinajstić information content (AvgIpc) is 2.82. The van der Waals surface area contributed by atoms with Crippen LogP contribution in [0.25, 0.3) is 0 Å². The van der Waals surface area contributed by atoms with Crippen molar-refractivity contribution in [3.05, 3.63) is 58.1 Å². The number of phenolic OH excluding ortho intramolecular Hbond substituents is 1. The zero-order valence-electron chi connectivity index (χ0n) is 18.7. The van der Waals surface area contributed by atoms with E-state index in [-0.39, 0.29) is 11.7 Å². The molecule has 1 N–H and O–H groups in total. The molecule has 0 aliphatic carbocycles. The lowest BCUT2D eigenvalue weighted by Crippen LogP contribution is -2.51. The lowest BCUT2D eigenvalue weighted by Gasteiger charge is -2.38. The Morgan fingerprint density at radius 1 is 0.969 bits per heavy atom. The summed E-state index contributed by atoms with van der Waals surface area (Å²) in [5.41, 5.74) is 2.42. The second-order valence-electron chi connectivity index (χ2n) is 8.77. The molecule has 6 nitrogen and oxygen atoms in total. The Hall–Kier alpha value is -2.09. The van der Waals surface area contributed by atoms with Gasteiger partial charge in [-0.2, -0.15) is 0 Å². The summed E-state index contributed by atoms with van der Waals surface area (Å²) in [5.74, 6) is 1.07. The molecule has 0 bridgehead atoms. The maximum atomic E-state index is 13.1. The molecule has 0 atom stereocenters. The van der Waals surface area contributed by atoms with Gasteiger partial charge in [-0.3, -0.25) is 14.6 Å². The maximum absolute atomic E-state index is 13.1. The molecule has 0 saturated carbocycles. The molecule has 0 radical (unpaired) electrons. The van der Waals surface area contributed by atoms with Gasteiger partial charge in [-0.15, -0.1) is 0 Å². The molecule has 4 rings (SSSR count). The van der Waals surface area contributed by atoms with Gasteiger partial charge in [0.1, 0.15) is 0 Å². The molecule has 1 amide bonds. The predicted octanol–water partition coefficient (Wildman–Crippen LogP) is 3.72. The molecule has 32 heavy (non-hydrogen) atoms. The first-order chi connectivity index (χ1) is 15.5. The van der Waals surface area contributed by atoms with Gasteiger partial charge in [0.15, 0.2) is 11.5 Å². The van der Waals surface area contributed by atoms with Crippen molar-refractivity contribution in [1.29, 1.82) is 0 Å². The Morgan fingerprint density at radius 2 is 1.59 bits per heavy atom. The highest BCUT2D eigenvalue weighted by Crippen LogP contribution is 2.35. The molecule has 2 aliphatic rings. The fourth-order valence-electron chi connectivity index (χ4n) is 4.70. The van der Waals surface area contributed by atoms with Crippen LogP contribution < -0.4 is 4.74 Å². The molecule has 172 valence electrons. The molecule has 2 aromatic carbocycles. The number of rotatable bonds is 6. The lowest BCUT2D eigenvalue weighted by atomic mass is 9.94. The van der Waals surface area contributed by atoms with Gasteiger partial charge in [-0.25, -0.2) is 0 Å². The number of piperidine rings is 1. The number of hydrogen-bond donors (Lipinski definition) is 1. The highest BCUT2D eigenvalue weighted by molar-refractivity contribution is 9.10. The van der Waals surface area contributed by atoms with Gasteiger partial charge in [-0.1, -0.05) is 30.3 Å². The normalized spacial score (nSPS) is 18.6. The minimum atomic E-state index is 0.129. The minimum absolute atomic E-state index is 0.129. The molecule has 0 aromatic heterocycles. The van der Waals surface area contributed by atoms with Gasteiger partial charge in [0.2, 0.25) is 5.91 Å². The zero-order valence-corrected chi connectivity index (χ0v) is 20.3. The molecule has 2 saturated heterocycles. The summed E-state index contributed by atoms with van der Waals surface area (Å²) < 4.78 is 5.90. The Labute approximate surface area is 198 Å². The monoisotopic (exact) mass is 501 g/mol. The highest BCUT2D eigenvalue weighted by Gasteiger charge is 2.30. The number of halogens is 1. The highest BCUT2D eigenvalue weighted by atomic mass is 79.9. The van der Waals surface area contributed by atoms with Crippen LogP contribution in [0.4, 0.5) is 0 Å². The Bertz CT molecular complexity index is 908. The standard InChI is InChI=1S/C25H32BrN3O3/c1-32-23-16-20(15-22(26)24(23)30)18-27-9-7-21(8-10-27)25(31)29-13-11-28(12-14-29)17-19-5-3-2-4-6-19/h2-6,15-16,21,30H,7-14,17-18H2,1H3. The maximum Gasteiger partial charge on any atom is 0.225 e. The first-order valence-corrected chi connectivity index (χ1v) is 12.2. The van der Waals surface area contributed by atoms with Crippen molar-refractivity contribution in [3.63, 3.8) is 0 Å². The molecule has 2 fully saturated rings.